The van der Waals surface area contributed by atoms with Crippen LogP contribution in [0.1, 0.15) is 50.4 Å². The molecule has 0 aliphatic carbocycles. The largest absolute Gasteiger partial charge is 0.303 e. The Morgan fingerprint density at radius 3 is 2.14 bits per heavy atom. The van der Waals surface area contributed by atoms with E-state index in [0.717, 1.165) is 6.42 Å². The molecule has 0 aliphatic heterocycles. The SMILES string of the molecule is CC(C)CC(NC(C)c1ccccc1Br)c1ccccc1. The summed E-state index contributed by atoms with van der Waals surface area (Å²) in [5.41, 5.74) is 2.67. The minimum Gasteiger partial charge on any atom is -0.303 e. The van der Waals surface area contributed by atoms with E-state index >= 15 is 0 Å². The predicted octanol–water partition coefficient (Wildman–Crippen LogP) is 5.89. The molecule has 0 heterocycles. The van der Waals surface area contributed by atoms with E-state index in [-0.39, 0.29) is 0 Å². The summed E-state index contributed by atoms with van der Waals surface area (Å²) in [5, 5.41) is 3.79. The van der Waals surface area contributed by atoms with Crippen molar-refractivity contribution in [3.05, 3.63) is 70.2 Å². The van der Waals surface area contributed by atoms with Gasteiger partial charge in [-0.2, -0.15) is 0 Å². The standard InChI is InChI=1S/C19H24BrN/c1-14(2)13-19(16-9-5-4-6-10-16)21-15(3)17-11-7-8-12-18(17)20/h4-12,14-15,19,21H,13H2,1-3H3. The van der Waals surface area contributed by atoms with Crippen LogP contribution in [0.3, 0.4) is 0 Å². The molecule has 2 rings (SSSR count). The molecule has 21 heavy (non-hydrogen) atoms. The van der Waals surface area contributed by atoms with Gasteiger partial charge in [-0.15, -0.1) is 0 Å². The first kappa shape index (κ1) is 16.3. The van der Waals surface area contributed by atoms with Gasteiger partial charge in [0.1, 0.15) is 0 Å². The second-order valence-corrected chi connectivity index (χ2v) is 6.86. The van der Waals surface area contributed by atoms with Gasteiger partial charge in [0.25, 0.3) is 0 Å². The fraction of sp³-hybridized carbons (Fsp3) is 0.368. The van der Waals surface area contributed by atoms with Crippen molar-refractivity contribution in [2.24, 2.45) is 5.92 Å². The molecule has 0 bridgehead atoms. The maximum absolute atomic E-state index is 3.79. The third-order valence-electron chi connectivity index (χ3n) is 3.73. The van der Waals surface area contributed by atoms with Crippen LogP contribution in [0.2, 0.25) is 0 Å². The van der Waals surface area contributed by atoms with Crippen molar-refractivity contribution in [1.29, 1.82) is 0 Å². The Morgan fingerprint density at radius 2 is 1.52 bits per heavy atom. The Morgan fingerprint density at radius 1 is 0.905 bits per heavy atom. The zero-order valence-electron chi connectivity index (χ0n) is 13.0. The van der Waals surface area contributed by atoms with Crippen LogP contribution in [0.15, 0.2) is 59.1 Å². The number of rotatable bonds is 6. The van der Waals surface area contributed by atoms with Gasteiger partial charge < -0.3 is 5.32 Å². The Kier molecular flexibility index (Phi) is 6.01. The van der Waals surface area contributed by atoms with Gasteiger partial charge in [0.15, 0.2) is 0 Å². The van der Waals surface area contributed by atoms with E-state index in [4.69, 9.17) is 0 Å². The van der Waals surface area contributed by atoms with Crippen molar-refractivity contribution >= 4 is 15.9 Å². The van der Waals surface area contributed by atoms with E-state index in [2.05, 4.69) is 96.6 Å². The van der Waals surface area contributed by atoms with Gasteiger partial charge in [0.05, 0.1) is 0 Å². The molecular formula is C19H24BrN. The first-order chi connectivity index (χ1) is 10.1. The smallest absolute Gasteiger partial charge is 0.0328 e. The highest BCUT2D eigenvalue weighted by atomic mass is 79.9. The zero-order chi connectivity index (χ0) is 15.2. The Balaban J connectivity index is 2.17. The maximum Gasteiger partial charge on any atom is 0.0328 e. The van der Waals surface area contributed by atoms with Gasteiger partial charge in [0, 0.05) is 16.6 Å². The molecule has 2 unspecified atom stereocenters. The summed E-state index contributed by atoms with van der Waals surface area (Å²) in [5.74, 6) is 0.661. The topological polar surface area (TPSA) is 12.0 Å². The van der Waals surface area contributed by atoms with Crippen molar-refractivity contribution in [2.45, 2.75) is 39.3 Å². The summed E-state index contributed by atoms with van der Waals surface area (Å²) >= 11 is 3.65. The number of hydrogen-bond donors (Lipinski definition) is 1. The Hall–Kier alpha value is -1.12. The van der Waals surface area contributed by atoms with Crippen LogP contribution in [0.4, 0.5) is 0 Å². The number of hydrogen-bond acceptors (Lipinski definition) is 1. The average molecular weight is 346 g/mol. The van der Waals surface area contributed by atoms with Crippen LogP contribution in [0, 0.1) is 5.92 Å². The molecule has 0 amide bonds. The van der Waals surface area contributed by atoms with E-state index in [1.54, 1.807) is 0 Å². The fourth-order valence-corrected chi connectivity index (χ4v) is 3.30. The van der Waals surface area contributed by atoms with Gasteiger partial charge in [-0.25, -0.2) is 0 Å². The predicted molar refractivity (Wildman–Crippen MR) is 94.3 cm³/mol. The molecule has 1 nitrogen and oxygen atoms in total. The number of halogens is 1. The lowest BCUT2D eigenvalue weighted by atomic mass is 9.95. The maximum atomic E-state index is 3.79. The third-order valence-corrected chi connectivity index (χ3v) is 4.45. The Labute approximate surface area is 136 Å². The molecule has 2 atom stereocenters. The monoisotopic (exact) mass is 345 g/mol. The second-order valence-electron chi connectivity index (χ2n) is 6.00. The van der Waals surface area contributed by atoms with Crippen molar-refractivity contribution in [2.75, 3.05) is 0 Å². The van der Waals surface area contributed by atoms with E-state index in [1.807, 2.05) is 0 Å². The summed E-state index contributed by atoms with van der Waals surface area (Å²) in [6.45, 7) is 6.79. The number of benzene rings is 2. The second kappa shape index (κ2) is 7.77. The van der Waals surface area contributed by atoms with Gasteiger partial charge in [0.2, 0.25) is 0 Å². The highest BCUT2D eigenvalue weighted by Gasteiger charge is 2.17. The van der Waals surface area contributed by atoms with Crippen LogP contribution in [0.25, 0.3) is 0 Å². The van der Waals surface area contributed by atoms with Crippen molar-refractivity contribution < 1.29 is 0 Å². The molecule has 0 spiro atoms. The average Bonchev–Trinajstić information content (AvgIpc) is 2.47. The first-order valence-corrected chi connectivity index (χ1v) is 8.42. The van der Waals surface area contributed by atoms with Crippen LogP contribution < -0.4 is 5.32 Å². The summed E-state index contributed by atoms with van der Waals surface area (Å²) in [6.07, 6.45) is 1.14. The first-order valence-electron chi connectivity index (χ1n) is 7.63. The molecule has 0 fully saturated rings. The zero-order valence-corrected chi connectivity index (χ0v) is 14.6. The lowest BCUT2D eigenvalue weighted by Gasteiger charge is -2.26. The van der Waals surface area contributed by atoms with Crippen LogP contribution in [0.5, 0.6) is 0 Å². The Bertz CT molecular complexity index is 551. The molecule has 0 saturated carbocycles. The molecule has 0 aliphatic rings. The molecule has 0 saturated heterocycles. The molecule has 1 N–H and O–H groups in total. The molecule has 2 aromatic rings. The fourth-order valence-electron chi connectivity index (χ4n) is 2.67. The van der Waals surface area contributed by atoms with Gasteiger partial charge in [-0.1, -0.05) is 78.3 Å². The van der Waals surface area contributed by atoms with Crippen LogP contribution >= 0.6 is 15.9 Å². The van der Waals surface area contributed by atoms with Crippen molar-refractivity contribution in [3.63, 3.8) is 0 Å². The molecule has 2 heteroatoms. The van der Waals surface area contributed by atoms with E-state index < -0.39 is 0 Å². The minimum absolute atomic E-state index is 0.310. The van der Waals surface area contributed by atoms with Crippen LogP contribution in [-0.2, 0) is 0 Å². The summed E-state index contributed by atoms with van der Waals surface area (Å²) in [4.78, 5) is 0. The minimum atomic E-state index is 0.310. The third kappa shape index (κ3) is 4.69. The van der Waals surface area contributed by atoms with Gasteiger partial charge in [-0.05, 0) is 36.5 Å². The summed E-state index contributed by atoms with van der Waals surface area (Å²) < 4.78 is 1.17. The quantitative estimate of drug-likeness (QED) is 0.688. The molecule has 0 aromatic heterocycles. The van der Waals surface area contributed by atoms with Gasteiger partial charge in [-0.3, -0.25) is 0 Å². The van der Waals surface area contributed by atoms with Crippen molar-refractivity contribution in [3.8, 4) is 0 Å². The highest BCUT2D eigenvalue weighted by Crippen LogP contribution is 2.28. The van der Waals surface area contributed by atoms with Gasteiger partial charge >= 0.3 is 0 Å². The molecular weight excluding hydrogens is 322 g/mol. The molecule has 2 aromatic carbocycles. The molecule has 0 radical (unpaired) electrons. The lowest BCUT2D eigenvalue weighted by Crippen LogP contribution is -2.26. The number of nitrogens with one attached hydrogen (secondary N) is 1. The highest BCUT2D eigenvalue weighted by molar-refractivity contribution is 9.10. The summed E-state index contributed by atoms with van der Waals surface area (Å²) in [7, 11) is 0. The van der Waals surface area contributed by atoms with E-state index in [9.17, 15) is 0 Å². The van der Waals surface area contributed by atoms with Crippen LogP contribution in [-0.4, -0.2) is 0 Å². The summed E-state index contributed by atoms with van der Waals surface area (Å²) in [6, 6.07) is 19.9. The molecule has 112 valence electrons. The van der Waals surface area contributed by atoms with E-state index in [0.29, 0.717) is 18.0 Å². The lowest BCUT2D eigenvalue weighted by molar-refractivity contribution is 0.394. The van der Waals surface area contributed by atoms with Crippen molar-refractivity contribution in [1.82, 2.24) is 5.32 Å². The van der Waals surface area contributed by atoms with E-state index in [1.165, 1.54) is 15.6 Å². The normalized spacial score (nSPS) is 14.1.